The molecule has 1 amide bonds. The summed E-state index contributed by atoms with van der Waals surface area (Å²) in [5.41, 5.74) is 3.09. The van der Waals surface area contributed by atoms with Gasteiger partial charge in [0.1, 0.15) is 0 Å². The number of hydrogen-bond donors (Lipinski definition) is 0. The number of benzene rings is 2. The van der Waals surface area contributed by atoms with Gasteiger partial charge in [-0.1, -0.05) is 30.3 Å². The molecule has 1 heterocycles. The van der Waals surface area contributed by atoms with Gasteiger partial charge in [0.05, 0.1) is 12.8 Å². The second kappa shape index (κ2) is 6.91. The summed E-state index contributed by atoms with van der Waals surface area (Å²) in [7, 11) is 3.31. The molecule has 0 atom stereocenters. The minimum Gasteiger partial charge on any atom is -0.480 e. The highest BCUT2D eigenvalue weighted by Gasteiger charge is 2.13. The predicted molar refractivity (Wildman–Crippen MR) is 93.2 cm³/mol. The number of aromatic nitrogens is 2. The van der Waals surface area contributed by atoms with E-state index in [1.807, 2.05) is 48.5 Å². The number of methoxy groups -OCH3 is 1. The Hall–Kier alpha value is -3.21. The number of ether oxygens (including phenoxy) is 1. The van der Waals surface area contributed by atoms with Crippen LogP contribution in [0.25, 0.3) is 11.3 Å². The van der Waals surface area contributed by atoms with Crippen LogP contribution in [0, 0.1) is 0 Å². The lowest BCUT2D eigenvalue weighted by Crippen LogP contribution is -2.25. The molecular formula is C19H17N3O2. The third-order valence-corrected chi connectivity index (χ3v) is 3.72. The highest BCUT2D eigenvalue weighted by atomic mass is 16.5. The van der Waals surface area contributed by atoms with E-state index in [1.165, 1.54) is 0 Å². The number of amides is 1. The van der Waals surface area contributed by atoms with E-state index >= 15 is 0 Å². The fraction of sp³-hybridized carbons (Fsp3) is 0.105. The predicted octanol–water partition coefficient (Wildman–Crippen LogP) is 3.43. The van der Waals surface area contributed by atoms with Crippen molar-refractivity contribution in [3.05, 3.63) is 72.3 Å². The minimum atomic E-state index is -0.0615. The van der Waals surface area contributed by atoms with Crippen molar-refractivity contribution in [2.24, 2.45) is 0 Å². The summed E-state index contributed by atoms with van der Waals surface area (Å²) in [6, 6.07) is 20.4. The third-order valence-electron chi connectivity index (χ3n) is 3.72. The lowest BCUT2D eigenvalue weighted by atomic mass is 10.1. The van der Waals surface area contributed by atoms with E-state index in [4.69, 9.17) is 4.74 Å². The first-order chi connectivity index (χ1) is 11.7. The summed E-state index contributed by atoms with van der Waals surface area (Å²) in [6.07, 6.45) is 0. The lowest BCUT2D eigenvalue weighted by Gasteiger charge is -2.17. The first-order valence-electron chi connectivity index (χ1n) is 7.50. The fourth-order valence-electron chi connectivity index (χ4n) is 2.33. The van der Waals surface area contributed by atoms with Gasteiger partial charge >= 0.3 is 0 Å². The summed E-state index contributed by atoms with van der Waals surface area (Å²) in [5, 5.41) is 8.06. The molecule has 5 heteroatoms. The molecule has 0 spiro atoms. The van der Waals surface area contributed by atoms with Gasteiger partial charge in [0.15, 0.2) is 0 Å². The number of para-hydroxylation sites is 1. The van der Waals surface area contributed by atoms with Crippen LogP contribution in [0.4, 0.5) is 5.69 Å². The SMILES string of the molecule is COc1ccc(-c2ccc(C(=O)N(C)c3ccccc3)cc2)nn1. The van der Waals surface area contributed by atoms with Crippen LogP contribution in [-0.2, 0) is 0 Å². The zero-order valence-corrected chi connectivity index (χ0v) is 13.5. The van der Waals surface area contributed by atoms with E-state index in [1.54, 1.807) is 37.3 Å². The van der Waals surface area contributed by atoms with E-state index in [2.05, 4.69) is 10.2 Å². The standard InChI is InChI=1S/C19H17N3O2/c1-22(16-6-4-3-5-7-16)19(23)15-10-8-14(9-11-15)17-12-13-18(24-2)21-20-17/h3-13H,1-2H3. The maximum absolute atomic E-state index is 12.6. The molecule has 3 rings (SSSR count). The van der Waals surface area contributed by atoms with Gasteiger partial charge < -0.3 is 9.64 Å². The van der Waals surface area contributed by atoms with Crippen molar-refractivity contribution in [2.75, 3.05) is 19.1 Å². The second-order valence-corrected chi connectivity index (χ2v) is 5.24. The molecule has 0 aliphatic carbocycles. The van der Waals surface area contributed by atoms with Gasteiger partial charge in [-0.15, -0.1) is 10.2 Å². The number of carbonyl (C=O) groups is 1. The largest absolute Gasteiger partial charge is 0.480 e. The molecule has 0 N–H and O–H groups in total. The molecule has 0 saturated heterocycles. The topological polar surface area (TPSA) is 55.3 Å². The molecule has 2 aromatic carbocycles. The molecule has 24 heavy (non-hydrogen) atoms. The van der Waals surface area contributed by atoms with Crippen molar-refractivity contribution < 1.29 is 9.53 Å². The van der Waals surface area contributed by atoms with Gasteiger partial charge in [0.2, 0.25) is 5.88 Å². The summed E-state index contributed by atoms with van der Waals surface area (Å²) in [4.78, 5) is 14.2. The Kier molecular flexibility index (Phi) is 4.52. The van der Waals surface area contributed by atoms with E-state index in [9.17, 15) is 4.79 Å². The van der Waals surface area contributed by atoms with Crippen molar-refractivity contribution in [3.8, 4) is 17.1 Å². The minimum absolute atomic E-state index is 0.0615. The molecule has 120 valence electrons. The van der Waals surface area contributed by atoms with Crippen LogP contribution in [-0.4, -0.2) is 30.3 Å². The number of anilines is 1. The van der Waals surface area contributed by atoms with Crippen LogP contribution in [0.3, 0.4) is 0 Å². The molecule has 5 nitrogen and oxygen atoms in total. The zero-order valence-electron chi connectivity index (χ0n) is 13.5. The van der Waals surface area contributed by atoms with Crippen LogP contribution in [0.1, 0.15) is 10.4 Å². The average molecular weight is 319 g/mol. The average Bonchev–Trinajstić information content (AvgIpc) is 2.68. The van der Waals surface area contributed by atoms with Crippen molar-refractivity contribution >= 4 is 11.6 Å². The molecule has 0 unspecified atom stereocenters. The van der Waals surface area contributed by atoms with E-state index < -0.39 is 0 Å². The summed E-state index contributed by atoms with van der Waals surface area (Å²) in [6.45, 7) is 0. The fourth-order valence-corrected chi connectivity index (χ4v) is 2.33. The summed E-state index contributed by atoms with van der Waals surface area (Å²) >= 11 is 0. The normalized spacial score (nSPS) is 10.2. The van der Waals surface area contributed by atoms with Gasteiger partial charge in [-0.2, -0.15) is 0 Å². The van der Waals surface area contributed by atoms with Crippen molar-refractivity contribution in [2.45, 2.75) is 0 Å². The quantitative estimate of drug-likeness (QED) is 0.739. The molecule has 1 aromatic heterocycles. The van der Waals surface area contributed by atoms with Crippen LogP contribution < -0.4 is 9.64 Å². The molecule has 0 saturated carbocycles. The number of carbonyl (C=O) groups excluding carboxylic acids is 1. The monoisotopic (exact) mass is 319 g/mol. The van der Waals surface area contributed by atoms with Crippen molar-refractivity contribution in [3.63, 3.8) is 0 Å². The Morgan fingerprint density at radius 3 is 2.21 bits per heavy atom. The Morgan fingerprint density at radius 1 is 0.917 bits per heavy atom. The van der Waals surface area contributed by atoms with Gasteiger partial charge in [0.25, 0.3) is 5.91 Å². The van der Waals surface area contributed by atoms with E-state index in [-0.39, 0.29) is 5.91 Å². The molecule has 0 aliphatic heterocycles. The third kappa shape index (κ3) is 3.25. The first kappa shape index (κ1) is 15.7. The van der Waals surface area contributed by atoms with Gasteiger partial charge in [-0.25, -0.2) is 0 Å². The smallest absolute Gasteiger partial charge is 0.258 e. The Morgan fingerprint density at radius 2 is 1.62 bits per heavy atom. The molecular weight excluding hydrogens is 302 g/mol. The van der Waals surface area contributed by atoms with Gasteiger partial charge in [-0.05, 0) is 30.3 Å². The first-order valence-corrected chi connectivity index (χ1v) is 7.50. The van der Waals surface area contributed by atoms with Gasteiger partial charge in [-0.3, -0.25) is 4.79 Å². The molecule has 0 aliphatic rings. The van der Waals surface area contributed by atoms with Crippen LogP contribution in [0.15, 0.2) is 66.7 Å². The maximum Gasteiger partial charge on any atom is 0.258 e. The maximum atomic E-state index is 12.6. The Balaban J connectivity index is 1.79. The molecule has 0 bridgehead atoms. The molecule has 0 fully saturated rings. The summed E-state index contributed by atoms with van der Waals surface area (Å²) < 4.78 is 5.00. The molecule has 0 radical (unpaired) electrons. The number of hydrogen-bond acceptors (Lipinski definition) is 4. The number of rotatable bonds is 4. The van der Waals surface area contributed by atoms with E-state index in [0.29, 0.717) is 11.4 Å². The highest BCUT2D eigenvalue weighted by molar-refractivity contribution is 6.05. The Bertz CT molecular complexity index is 815. The highest BCUT2D eigenvalue weighted by Crippen LogP contribution is 2.20. The molecule has 3 aromatic rings. The van der Waals surface area contributed by atoms with Gasteiger partial charge in [0, 0.05) is 29.9 Å². The van der Waals surface area contributed by atoms with Crippen LogP contribution in [0.2, 0.25) is 0 Å². The van der Waals surface area contributed by atoms with Crippen LogP contribution in [0.5, 0.6) is 5.88 Å². The second-order valence-electron chi connectivity index (χ2n) is 5.24. The van der Waals surface area contributed by atoms with Crippen molar-refractivity contribution in [1.82, 2.24) is 10.2 Å². The van der Waals surface area contributed by atoms with Crippen LogP contribution >= 0.6 is 0 Å². The number of nitrogens with zero attached hydrogens (tertiary/aromatic N) is 3. The summed E-state index contributed by atoms with van der Waals surface area (Å²) in [5.74, 6) is 0.406. The Labute approximate surface area is 140 Å². The zero-order chi connectivity index (χ0) is 16.9. The van der Waals surface area contributed by atoms with Crippen molar-refractivity contribution in [1.29, 1.82) is 0 Å². The lowest BCUT2D eigenvalue weighted by molar-refractivity contribution is 0.0993. The van der Waals surface area contributed by atoms with E-state index in [0.717, 1.165) is 16.9 Å².